The van der Waals surface area contributed by atoms with E-state index in [-0.39, 0.29) is 17.3 Å². The highest BCUT2D eigenvalue weighted by atomic mass is 35.5. The van der Waals surface area contributed by atoms with Gasteiger partial charge >= 0.3 is 0 Å². The minimum absolute atomic E-state index is 0.231. The van der Waals surface area contributed by atoms with E-state index in [9.17, 15) is 9.59 Å². The third kappa shape index (κ3) is 4.48. The average Bonchev–Trinajstić information content (AvgIpc) is 3.47. The van der Waals surface area contributed by atoms with Crippen LogP contribution in [0, 0.1) is 0 Å². The molecule has 0 aliphatic rings. The van der Waals surface area contributed by atoms with Gasteiger partial charge in [0.05, 0.1) is 23.8 Å². The van der Waals surface area contributed by atoms with Crippen LogP contribution in [0.25, 0.3) is 11.3 Å². The fraction of sp³-hybridized carbons (Fsp3) is 0.150. The molecule has 0 saturated heterocycles. The fourth-order valence-corrected chi connectivity index (χ4v) is 3.15. The Morgan fingerprint density at radius 1 is 1.10 bits per heavy atom. The maximum Gasteiger partial charge on any atom is 0.273 e. The molecular formula is C20H19ClN8O2. The Hall–Kier alpha value is -3.92. The lowest BCUT2D eigenvalue weighted by atomic mass is 10.1. The molecule has 3 aromatic heterocycles. The molecule has 0 unspecified atom stereocenters. The van der Waals surface area contributed by atoms with E-state index >= 15 is 0 Å². The number of H-pyrrole nitrogens is 1. The smallest absolute Gasteiger partial charge is 0.273 e. The number of hydrogen-bond donors (Lipinski definition) is 3. The van der Waals surface area contributed by atoms with Crippen molar-refractivity contribution in [2.75, 3.05) is 5.32 Å². The average molecular weight is 439 g/mol. The molecule has 0 saturated carbocycles. The zero-order chi connectivity index (χ0) is 22.0. The summed E-state index contributed by atoms with van der Waals surface area (Å²) in [5, 5.41) is 21.2. The Kier molecular flexibility index (Phi) is 5.54. The van der Waals surface area contributed by atoms with Crippen LogP contribution in [0.15, 0.2) is 48.9 Å². The molecule has 4 rings (SSSR count). The lowest BCUT2D eigenvalue weighted by Gasteiger charge is -2.08. The van der Waals surface area contributed by atoms with Crippen molar-refractivity contribution in [2.45, 2.75) is 6.54 Å². The number of amides is 2. The summed E-state index contributed by atoms with van der Waals surface area (Å²) < 4.78 is 3.06. The van der Waals surface area contributed by atoms with Crippen molar-refractivity contribution >= 4 is 29.1 Å². The van der Waals surface area contributed by atoms with Gasteiger partial charge in [0.1, 0.15) is 11.4 Å². The van der Waals surface area contributed by atoms with Crippen LogP contribution in [-0.4, -0.2) is 41.6 Å². The Bertz CT molecular complexity index is 1240. The number of nitrogens with one attached hydrogen (secondary N) is 3. The second-order valence-corrected chi connectivity index (χ2v) is 7.30. The standard InChI is InChI=1S/C20H19ClN8O2/c1-28-11-12(9-23-28)8-22-20(31)18-17(10-24-29(18)2)25-19(30)16-7-15(26-27-16)13-3-5-14(21)6-4-13/h3-7,9-11H,8H2,1-2H3,(H,22,31)(H,25,30)(H,26,27). The van der Waals surface area contributed by atoms with Crippen LogP contribution in [0.1, 0.15) is 26.5 Å². The summed E-state index contributed by atoms with van der Waals surface area (Å²) in [5.41, 5.74) is 3.04. The molecule has 0 spiro atoms. The van der Waals surface area contributed by atoms with Crippen LogP contribution in [0.4, 0.5) is 5.69 Å². The molecule has 0 fully saturated rings. The number of aromatic amines is 1. The Morgan fingerprint density at radius 2 is 1.87 bits per heavy atom. The number of carbonyl (C=O) groups is 2. The van der Waals surface area contributed by atoms with Crippen molar-refractivity contribution in [1.29, 1.82) is 0 Å². The minimum Gasteiger partial charge on any atom is -0.346 e. The highest BCUT2D eigenvalue weighted by molar-refractivity contribution is 6.30. The monoisotopic (exact) mass is 438 g/mol. The first-order valence-electron chi connectivity index (χ1n) is 9.31. The molecule has 4 aromatic rings. The van der Waals surface area contributed by atoms with E-state index in [2.05, 4.69) is 31.0 Å². The van der Waals surface area contributed by atoms with E-state index < -0.39 is 5.91 Å². The minimum atomic E-state index is -0.443. The zero-order valence-corrected chi connectivity index (χ0v) is 17.5. The third-order valence-electron chi connectivity index (χ3n) is 4.58. The molecule has 31 heavy (non-hydrogen) atoms. The van der Waals surface area contributed by atoms with Gasteiger partial charge < -0.3 is 10.6 Å². The number of aromatic nitrogens is 6. The van der Waals surface area contributed by atoms with E-state index in [0.717, 1.165) is 11.1 Å². The summed E-state index contributed by atoms with van der Waals surface area (Å²) in [7, 11) is 3.43. The predicted molar refractivity (Wildman–Crippen MR) is 115 cm³/mol. The molecule has 10 nitrogen and oxygen atoms in total. The molecule has 3 N–H and O–H groups in total. The van der Waals surface area contributed by atoms with Crippen LogP contribution in [0.5, 0.6) is 0 Å². The first-order valence-corrected chi connectivity index (χ1v) is 9.69. The van der Waals surface area contributed by atoms with Gasteiger partial charge in [-0.25, -0.2) is 0 Å². The van der Waals surface area contributed by atoms with Gasteiger partial charge in [-0.1, -0.05) is 23.7 Å². The predicted octanol–water partition coefficient (Wildman–Crippen LogP) is 2.38. The molecule has 0 radical (unpaired) electrons. The first kappa shape index (κ1) is 20.4. The molecule has 0 aliphatic heterocycles. The molecule has 11 heteroatoms. The molecule has 3 heterocycles. The van der Waals surface area contributed by atoms with Gasteiger partial charge in [0, 0.05) is 43.0 Å². The first-order chi connectivity index (χ1) is 14.9. The maximum atomic E-state index is 12.7. The molecule has 0 atom stereocenters. The molecule has 0 aliphatic carbocycles. The van der Waals surface area contributed by atoms with Crippen LogP contribution in [0.2, 0.25) is 5.02 Å². The van der Waals surface area contributed by atoms with Crippen LogP contribution >= 0.6 is 11.6 Å². The summed E-state index contributed by atoms with van der Waals surface area (Å²) in [5.74, 6) is -0.812. The Balaban J connectivity index is 1.46. The second-order valence-electron chi connectivity index (χ2n) is 6.86. The number of anilines is 1. The van der Waals surface area contributed by atoms with E-state index in [4.69, 9.17) is 11.6 Å². The summed E-state index contributed by atoms with van der Waals surface area (Å²) in [6, 6.07) is 8.74. The second kappa shape index (κ2) is 8.44. The molecule has 1 aromatic carbocycles. The number of carbonyl (C=O) groups excluding carboxylic acids is 2. The number of aryl methyl sites for hydroxylation is 2. The van der Waals surface area contributed by atoms with Gasteiger partial charge in [-0.05, 0) is 18.2 Å². The summed E-state index contributed by atoms with van der Waals surface area (Å²) in [4.78, 5) is 25.4. The quantitative estimate of drug-likeness (QED) is 0.426. The van der Waals surface area contributed by atoms with Crippen molar-refractivity contribution in [3.8, 4) is 11.3 Å². The maximum absolute atomic E-state index is 12.7. The van der Waals surface area contributed by atoms with Gasteiger partial charge in [0.2, 0.25) is 0 Å². The van der Waals surface area contributed by atoms with Crippen LogP contribution in [0.3, 0.4) is 0 Å². The van der Waals surface area contributed by atoms with Crippen molar-refractivity contribution in [1.82, 2.24) is 35.1 Å². The third-order valence-corrected chi connectivity index (χ3v) is 4.83. The molecule has 158 valence electrons. The van der Waals surface area contributed by atoms with Crippen molar-refractivity contribution in [3.63, 3.8) is 0 Å². The normalized spacial score (nSPS) is 10.8. The Labute approximate surface area is 182 Å². The number of hydrogen-bond acceptors (Lipinski definition) is 5. The molecule has 0 bridgehead atoms. The van der Waals surface area contributed by atoms with Crippen LogP contribution < -0.4 is 10.6 Å². The van der Waals surface area contributed by atoms with E-state index in [1.165, 1.54) is 10.9 Å². The van der Waals surface area contributed by atoms with Gasteiger partial charge in [0.15, 0.2) is 0 Å². The molecular weight excluding hydrogens is 420 g/mol. The zero-order valence-electron chi connectivity index (χ0n) is 16.8. The number of halogens is 1. The van der Waals surface area contributed by atoms with E-state index in [1.807, 2.05) is 18.3 Å². The van der Waals surface area contributed by atoms with E-state index in [0.29, 0.717) is 22.9 Å². The van der Waals surface area contributed by atoms with Gasteiger partial charge in [-0.3, -0.25) is 24.1 Å². The molecule has 2 amide bonds. The summed E-state index contributed by atoms with van der Waals surface area (Å²) in [6.07, 6.45) is 4.90. The van der Waals surface area contributed by atoms with Crippen molar-refractivity contribution in [2.24, 2.45) is 14.1 Å². The van der Waals surface area contributed by atoms with E-state index in [1.54, 1.807) is 43.2 Å². The highest BCUT2D eigenvalue weighted by Gasteiger charge is 2.20. The van der Waals surface area contributed by atoms with Crippen molar-refractivity contribution in [3.05, 3.63) is 70.9 Å². The number of benzene rings is 1. The van der Waals surface area contributed by atoms with Gasteiger partial charge in [0.25, 0.3) is 11.8 Å². The van der Waals surface area contributed by atoms with Crippen molar-refractivity contribution < 1.29 is 9.59 Å². The van der Waals surface area contributed by atoms with Gasteiger partial charge in [-0.2, -0.15) is 15.3 Å². The lowest BCUT2D eigenvalue weighted by Crippen LogP contribution is -2.26. The van der Waals surface area contributed by atoms with Crippen LogP contribution in [-0.2, 0) is 20.6 Å². The largest absolute Gasteiger partial charge is 0.346 e. The number of rotatable bonds is 6. The topological polar surface area (TPSA) is 123 Å². The Morgan fingerprint density at radius 3 is 2.58 bits per heavy atom. The SMILES string of the molecule is Cn1cc(CNC(=O)c2c(NC(=O)c3cc(-c4ccc(Cl)cc4)n[nH]3)cnn2C)cn1. The number of nitrogens with zero attached hydrogens (tertiary/aromatic N) is 5. The highest BCUT2D eigenvalue weighted by Crippen LogP contribution is 2.21. The summed E-state index contributed by atoms with van der Waals surface area (Å²) in [6.45, 7) is 0.302. The lowest BCUT2D eigenvalue weighted by molar-refractivity contribution is 0.0942. The van der Waals surface area contributed by atoms with Gasteiger partial charge in [-0.15, -0.1) is 0 Å². The fourth-order valence-electron chi connectivity index (χ4n) is 3.02. The summed E-state index contributed by atoms with van der Waals surface area (Å²) >= 11 is 5.91.